The van der Waals surface area contributed by atoms with Gasteiger partial charge >= 0.3 is 0 Å². The molecule has 0 aromatic heterocycles. The maximum atomic E-state index is 9.12. The van der Waals surface area contributed by atoms with E-state index in [1.54, 1.807) is 0 Å². The minimum absolute atomic E-state index is 0.0903. The van der Waals surface area contributed by atoms with Gasteiger partial charge in [0.1, 0.15) is 5.60 Å². The summed E-state index contributed by atoms with van der Waals surface area (Å²) in [5.41, 5.74) is -0.181. The Morgan fingerprint density at radius 1 is 1.88 bits per heavy atom. The molecule has 0 aliphatic heterocycles. The summed E-state index contributed by atoms with van der Waals surface area (Å²) in [4.78, 5) is 0. The molecule has 46 valence electrons. The van der Waals surface area contributed by atoms with E-state index in [1.165, 1.54) is 0 Å². The van der Waals surface area contributed by atoms with Crippen LogP contribution in [-0.2, 0) is 0 Å². The highest BCUT2D eigenvalue weighted by Crippen LogP contribution is 2.47. The summed E-state index contributed by atoms with van der Waals surface area (Å²) >= 11 is 0. The average molecular weight is 114 g/mol. The fourth-order valence-corrected chi connectivity index (χ4v) is 0.843. The van der Waals surface area contributed by atoms with Crippen LogP contribution in [0, 0.1) is 5.92 Å². The Morgan fingerprint density at radius 2 is 2.25 bits per heavy atom. The van der Waals surface area contributed by atoms with Gasteiger partial charge in [-0.15, -0.1) is 0 Å². The molecule has 2 heteroatoms. The summed E-state index contributed by atoms with van der Waals surface area (Å²) in [6.45, 7) is 5.22. The normalized spacial score (nSPS) is 44.9. The van der Waals surface area contributed by atoms with Crippen LogP contribution < -0.4 is 0 Å². The van der Waals surface area contributed by atoms with Gasteiger partial charge in [0.25, 0.3) is 0 Å². The van der Waals surface area contributed by atoms with Gasteiger partial charge < -0.3 is 10.2 Å². The second-order valence-corrected chi connectivity index (χ2v) is 2.33. The van der Waals surface area contributed by atoms with Crippen LogP contribution in [0.2, 0.25) is 0 Å². The largest absolute Gasteiger partial charge is 0.393 e. The van der Waals surface area contributed by atoms with Crippen molar-refractivity contribution >= 4 is 0 Å². The van der Waals surface area contributed by atoms with E-state index in [2.05, 4.69) is 6.58 Å². The van der Waals surface area contributed by atoms with E-state index in [4.69, 9.17) is 10.2 Å². The zero-order valence-corrected chi connectivity index (χ0v) is 4.89. The standard InChI is InChI=1S/C6H10O2/c1-4-5(2)6(4,8)3-7/h5,7-8H,1,3H2,2H3. The van der Waals surface area contributed by atoms with Crippen molar-refractivity contribution in [2.45, 2.75) is 12.5 Å². The van der Waals surface area contributed by atoms with Crippen molar-refractivity contribution in [2.75, 3.05) is 6.61 Å². The van der Waals surface area contributed by atoms with Crippen molar-refractivity contribution in [1.29, 1.82) is 0 Å². The highest BCUT2D eigenvalue weighted by atomic mass is 16.3. The molecule has 1 fully saturated rings. The van der Waals surface area contributed by atoms with Crippen LogP contribution in [-0.4, -0.2) is 22.4 Å². The molecular formula is C6H10O2. The van der Waals surface area contributed by atoms with Crippen molar-refractivity contribution in [3.63, 3.8) is 0 Å². The lowest BCUT2D eigenvalue weighted by Gasteiger charge is -1.98. The lowest BCUT2D eigenvalue weighted by atomic mass is 10.3. The van der Waals surface area contributed by atoms with Crippen molar-refractivity contribution in [2.24, 2.45) is 5.92 Å². The third-order valence-electron chi connectivity index (χ3n) is 1.95. The minimum Gasteiger partial charge on any atom is -0.393 e. The fraction of sp³-hybridized carbons (Fsp3) is 0.667. The second kappa shape index (κ2) is 1.33. The van der Waals surface area contributed by atoms with Crippen LogP contribution >= 0.6 is 0 Å². The third-order valence-corrected chi connectivity index (χ3v) is 1.95. The maximum Gasteiger partial charge on any atom is 0.115 e. The molecule has 1 rings (SSSR count). The second-order valence-electron chi connectivity index (χ2n) is 2.33. The Morgan fingerprint density at radius 3 is 2.25 bits per heavy atom. The molecule has 0 amide bonds. The van der Waals surface area contributed by atoms with Gasteiger partial charge in [0.2, 0.25) is 0 Å². The molecule has 0 aromatic carbocycles. The summed E-state index contributed by atoms with van der Waals surface area (Å²) in [6, 6.07) is 0. The van der Waals surface area contributed by atoms with E-state index >= 15 is 0 Å². The van der Waals surface area contributed by atoms with Crippen molar-refractivity contribution in [1.82, 2.24) is 0 Å². The molecule has 0 radical (unpaired) electrons. The molecule has 0 saturated heterocycles. The van der Waals surface area contributed by atoms with E-state index in [9.17, 15) is 0 Å². The molecule has 0 heterocycles. The SMILES string of the molecule is C=C1C(C)C1(O)CO. The van der Waals surface area contributed by atoms with Crippen LogP contribution in [0.5, 0.6) is 0 Å². The zero-order valence-electron chi connectivity index (χ0n) is 4.89. The lowest BCUT2D eigenvalue weighted by molar-refractivity contribution is 0.0704. The van der Waals surface area contributed by atoms with Gasteiger partial charge in [-0.3, -0.25) is 0 Å². The first-order valence-electron chi connectivity index (χ1n) is 2.65. The predicted octanol–water partition coefficient (Wildman–Crippen LogP) is -0.0843. The Balaban J connectivity index is 2.63. The molecular weight excluding hydrogens is 104 g/mol. The number of hydrogen-bond acceptors (Lipinski definition) is 2. The van der Waals surface area contributed by atoms with Crippen LogP contribution in [0.3, 0.4) is 0 Å². The third kappa shape index (κ3) is 0.443. The minimum atomic E-state index is -0.931. The predicted molar refractivity (Wildman–Crippen MR) is 30.3 cm³/mol. The summed E-state index contributed by atoms with van der Waals surface area (Å²) in [5, 5.41) is 17.6. The van der Waals surface area contributed by atoms with Crippen LogP contribution in [0.25, 0.3) is 0 Å². The highest BCUT2D eigenvalue weighted by molar-refractivity contribution is 5.37. The van der Waals surface area contributed by atoms with Crippen LogP contribution in [0.1, 0.15) is 6.92 Å². The van der Waals surface area contributed by atoms with Crippen LogP contribution in [0.4, 0.5) is 0 Å². The first kappa shape index (κ1) is 5.79. The van der Waals surface area contributed by atoms with Gasteiger partial charge in [0, 0.05) is 5.92 Å². The Labute approximate surface area is 48.5 Å². The molecule has 2 atom stereocenters. The molecule has 1 aliphatic carbocycles. The summed E-state index contributed by atoms with van der Waals surface area (Å²) in [5.74, 6) is 0.0903. The molecule has 0 spiro atoms. The van der Waals surface area contributed by atoms with Gasteiger partial charge in [0.15, 0.2) is 0 Å². The summed E-state index contributed by atoms with van der Waals surface area (Å²) in [6.07, 6.45) is 0. The topological polar surface area (TPSA) is 40.5 Å². The number of aliphatic hydroxyl groups is 2. The maximum absolute atomic E-state index is 9.12. The first-order valence-corrected chi connectivity index (χ1v) is 2.65. The van der Waals surface area contributed by atoms with Gasteiger partial charge in [0.05, 0.1) is 6.61 Å². The monoisotopic (exact) mass is 114 g/mol. The number of rotatable bonds is 1. The fourth-order valence-electron chi connectivity index (χ4n) is 0.843. The van der Waals surface area contributed by atoms with Gasteiger partial charge in [-0.25, -0.2) is 0 Å². The highest BCUT2D eigenvalue weighted by Gasteiger charge is 2.53. The van der Waals surface area contributed by atoms with Gasteiger partial charge in [-0.1, -0.05) is 13.5 Å². The van der Waals surface area contributed by atoms with E-state index in [-0.39, 0.29) is 12.5 Å². The molecule has 2 unspecified atom stereocenters. The van der Waals surface area contributed by atoms with Crippen LogP contribution in [0.15, 0.2) is 12.2 Å². The Bertz CT molecular complexity index is 130. The molecule has 2 nitrogen and oxygen atoms in total. The molecule has 1 aliphatic rings. The number of hydrogen-bond donors (Lipinski definition) is 2. The Kier molecular flexibility index (Phi) is 0.964. The van der Waals surface area contributed by atoms with E-state index < -0.39 is 5.60 Å². The van der Waals surface area contributed by atoms with Gasteiger partial charge in [-0.2, -0.15) is 0 Å². The van der Waals surface area contributed by atoms with E-state index in [1.807, 2.05) is 6.92 Å². The first-order chi connectivity index (χ1) is 3.63. The molecule has 0 bridgehead atoms. The van der Waals surface area contributed by atoms with Crippen molar-refractivity contribution in [3.8, 4) is 0 Å². The van der Waals surface area contributed by atoms with E-state index in [0.29, 0.717) is 0 Å². The molecule has 8 heavy (non-hydrogen) atoms. The summed E-state index contributed by atoms with van der Waals surface area (Å²) < 4.78 is 0. The molecule has 2 N–H and O–H groups in total. The zero-order chi connectivity index (χ0) is 6.36. The lowest BCUT2D eigenvalue weighted by Crippen LogP contribution is -2.15. The quantitative estimate of drug-likeness (QED) is 0.468. The number of aliphatic hydroxyl groups excluding tert-OH is 1. The van der Waals surface area contributed by atoms with Crippen molar-refractivity contribution < 1.29 is 10.2 Å². The smallest absolute Gasteiger partial charge is 0.115 e. The van der Waals surface area contributed by atoms with Gasteiger partial charge in [-0.05, 0) is 5.57 Å². The average Bonchev–Trinajstić information content (AvgIpc) is 2.22. The Hall–Kier alpha value is -0.340. The molecule has 1 saturated carbocycles. The van der Waals surface area contributed by atoms with Crippen molar-refractivity contribution in [3.05, 3.63) is 12.2 Å². The molecule has 0 aromatic rings. The van der Waals surface area contributed by atoms with E-state index in [0.717, 1.165) is 5.57 Å². The summed E-state index contributed by atoms with van der Waals surface area (Å²) in [7, 11) is 0.